The summed E-state index contributed by atoms with van der Waals surface area (Å²) < 4.78 is 5.60. The summed E-state index contributed by atoms with van der Waals surface area (Å²) in [5.41, 5.74) is 1.39. The molecule has 2 aromatic carbocycles. The summed E-state index contributed by atoms with van der Waals surface area (Å²) in [6.45, 7) is 3.63. The maximum Gasteiger partial charge on any atom is 0.201 e. The molecule has 0 saturated heterocycles. The Morgan fingerprint density at radius 2 is 1.95 bits per heavy atom. The number of allylic oxidation sites excluding steroid dienone is 1. The maximum absolute atomic E-state index is 12.1. The van der Waals surface area contributed by atoms with Gasteiger partial charge in [0, 0.05) is 10.6 Å². The van der Waals surface area contributed by atoms with E-state index in [1.807, 2.05) is 24.3 Å². The Labute approximate surface area is 134 Å². The molecule has 0 N–H and O–H groups in total. The van der Waals surface area contributed by atoms with Gasteiger partial charge in [-0.25, -0.2) is 0 Å². The van der Waals surface area contributed by atoms with Crippen LogP contribution in [0.2, 0.25) is 10.0 Å². The molecule has 0 amide bonds. The van der Waals surface area contributed by atoms with Crippen molar-refractivity contribution in [2.24, 2.45) is 0 Å². The number of ketones is 1. The quantitative estimate of drug-likeness (QED) is 0.554. The van der Waals surface area contributed by atoms with Crippen molar-refractivity contribution in [2.75, 3.05) is 6.61 Å². The molecule has 108 valence electrons. The molecule has 0 aromatic heterocycles. The number of para-hydroxylation sites is 1. The van der Waals surface area contributed by atoms with E-state index in [1.165, 1.54) is 0 Å². The Bertz CT molecular complexity index is 666. The highest BCUT2D eigenvalue weighted by Gasteiger charge is 2.12. The van der Waals surface area contributed by atoms with Crippen LogP contribution in [0.3, 0.4) is 0 Å². The first-order chi connectivity index (χ1) is 10.1. The molecule has 2 rings (SSSR count). The minimum absolute atomic E-state index is 0.0739. The smallest absolute Gasteiger partial charge is 0.201 e. The molecule has 0 unspecified atom stereocenters. The first-order valence-corrected chi connectivity index (χ1v) is 7.17. The van der Waals surface area contributed by atoms with Gasteiger partial charge in [0.15, 0.2) is 6.61 Å². The van der Waals surface area contributed by atoms with Crippen LogP contribution in [-0.4, -0.2) is 12.4 Å². The topological polar surface area (TPSA) is 26.3 Å². The third-order valence-corrected chi connectivity index (χ3v) is 3.47. The summed E-state index contributed by atoms with van der Waals surface area (Å²) in [6.07, 6.45) is 2.48. The average Bonchev–Trinajstić information content (AvgIpc) is 2.46. The molecular weight excluding hydrogens is 307 g/mol. The Morgan fingerprint density at radius 1 is 1.19 bits per heavy atom. The molecule has 0 bridgehead atoms. The SMILES string of the molecule is C=CCc1ccccc1OCC(=O)c1ccc(Cl)cc1Cl. The van der Waals surface area contributed by atoms with Crippen molar-refractivity contribution >= 4 is 29.0 Å². The highest BCUT2D eigenvalue weighted by atomic mass is 35.5. The molecule has 0 heterocycles. The van der Waals surface area contributed by atoms with E-state index in [0.29, 0.717) is 27.8 Å². The highest BCUT2D eigenvalue weighted by Crippen LogP contribution is 2.23. The zero-order chi connectivity index (χ0) is 15.2. The normalized spacial score (nSPS) is 10.2. The summed E-state index contributed by atoms with van der Waals surface area (Å²) in [6, 6.07) is 12.3. The summed E-state index contributed by atoms with van der Waals surface area (Å²) in [7, 11) is 0. The van der Waals surface area contributed by atoms with Crippen LogP contribution >= 0.6 is 23.2 Å². The number of Topliss-reactive ketones (excluding diaryl/α,β-unsaturated/α-hetero) is 1. The van der Waals surface area contributed by atoms with Gasteiger partial charge in [0.2, 0.25) is 5.78 Å². The van der Waals surface area contributed by atoms with Gasteiger partial charge in [-0.15, -0.1) is 6.58 Å². The van der Waals surface area contributed by atoms with Crippen molar-refractivity contribution in [2.45, 2.75) is 6.42 Å². The zero-order valence-electron chi connectivity index (χ0n) is 11.3. The third-order valence-electron chi connectivity index (χ3n) is 2.93. The van der Waals surface area contributed by atoms with E-state index < -0.39 is 0 Å². The Hall–Kier alpha value is -1.77. The molecule has 0 aliphatic carbocycles. The van der Waals surface area contributed by atoms with Crippen LogP contribution in [0.25, 0.3) is 0 Å². The van der Waals surface area contributed by atoms with Crippen LogP contribution in [-0.2, 0) is 6.42 Å². The van der Waals surface area contributed by atoms with Crippen molar-refractivity contribution in [3.63, 3.8) is 0 Å². The molecule has 2 aromatic rings. The van der Waals surface area contributed by atoms with Crippen LogP contribution in [0.4, 0.5) is 0 Å². The van der Waals surface area contributed by atoms with E-state index in [1.54, 1.807) is 24.3 Å². The van der Waals surface area contributed by atoms with Crippen molar-refractivity contribution in [1.82, 2.24) is 0 Å². The molecular formula is C17H14Cl2O2. The molecule has 0 saturated carbocycles. The van der Waals surface area contributed by atoms with E-state index in [0.717, 1.165) is 5.56 Å². The van der Waals surface area contributed by atoms with Crippen molar-refractivity contribution in [1.29, 1.82) is 0 Å². The van der Waals surface area contributed by atoms with Crippen LogP contribution < -0.4 is 4.74 Å². The first kappa shape index (κ1) is 15.6. The fourth-order valence-electron chi connectivity index (χ4n) is 1.91. The summed E-state index contributed by atoms with van der Waals surface area (Å²) in [5.74, 6) is 0.487. The number of hydrogen-bond acceptors (Lipinski definition) is 2. The molecule has 0 radical (unpaired) electrons. The predicted molar refractivity (Wildman–Crippen MR) is 86.6 cm³/mol. The lowest BCUT2D eigenvalue weighted by Gasteiger charge is -2.10. The van der Waals surface area contributed by atoms with Gasteiger partial charge >= 0.3 is 0 Å². The van der Waals surface area contributed by atoms with Crippen molar-refractivity contribution < 1.29 is 9.53 Å². The third kappa shape index (κ3) is 4.10. The van der Waals surface area contributed by atoms with Gasteiger partial charge in [-0.3, -0.25) is 4.79 Å². The number of carbonyl (C=O) groups is 1. The molecule has 0 aliphatic heterocycles. The van der Waals surface area contributed by atoms with E-state index >= 15 is 0 Å². The average molecular weight is 321 g/mol. The van der Waals surface area contributed by atoms with Crippen LogP contribution in [0.5, 0.6) is 5.75 Å². The minimum atomic E-state index is -0.190. The minimum Gasteiger partial charge on any atom is -0.485 e. The zero-order valence-corrected chi connectivity index (χ0v) is 12.8. The molecule has 0 fully saturated rings. The second-order valence-electron chi connectivity index (χ2n) is 4.44. The van der Waals surface area contributed by atoms with Crippen LogP contribution in [0.15, 0.2) is 55.1 Å². The summed E-state index contributed by atoms with van der Waals surface area (Å²) >= 11 is 11.8. The molecule has 0 aliphatic rings. The van der Waals surface area contributed by atoms with Crippen LogP contribution in [0.1, 0.15) is 15.9 Å². The fourth-order valence-corrected chi connectivity index (χ4v) is 2.42. The van der Waals surface area contributed by atoms with Crippen molar-refractivity contribution in [3.8, 4) is 5.75 Å². The van der Waals surface area contributed by atoms with E-state index in [4.69, 9.17) is 27.9 Å². The number of ether oxygens (including phenoxy) is 1. The Balaban J connectivity index is 2.09. The van der Waals surface area contributed by atoms with Gasteiger partial charge < -0.3 is 4.74 Å². The van der Waals surface area contributed by atoms with E-state index in [-0.39, 0.29) is 12.4 Å². The van der Waals surface area contributed by atoms with Crippen LogP contribution in [0, 0.1) is 0 Å². The lowest BCUT2D eigenvalue weighted by Crippen LogP contribution is -2.12. The number of benzene rings is 2. The fraction of sp³-hybridized carbons (Fsp3) is 0.118. The number of carbonyl (C=O) groups excluding carboxylic acids is 1. The molecule has 2 nitrogen and oxygen atoms in total. The second-order valence-corrected chi connectivity index (χ2v) is 5.28. The predicted octanol–water partition coefficient (Wildman–Crippen LogP) is 4.98. The number of halogens is 2. The van der Waals surface area contributed by atoms with Gasteiger partial charge in [0.1, 0.15) is 5.75 Å². The summed E-state index contributed by atoms with van der Waals surface area (Å²) in [4.78, 5) is 12.1. The molecule has 0 atom stereocenters. The lowest BCUT2D eigenvalue weighted by atomic mass is 10.1. The van der Waals surface area contributed by atoms with Gasteiger partial charge in [-0.2, -0.15) is 0 Å². The highest BCUT2D eigenvalue weighted by molar-refractivity contribution is 6.36. The Morgan fingerprint density at radius 3 is 2.67 bits per heavy atom. The number of hydrogen-bond donors (Lipinski definition) is 0. The maximum atomic E-state index is 12.1. The number of rotatable bonds is 6. The standard InChI is InChI=1S/C17H14Cl2O2/c1-2-5-12-6-3-4-7-17(12)21-11-16(20)14-9-8-13(18)10-15(14)19/h2-4,6-10H,1,5,11H2. The van der Waals surface area contributed by atoms with Gasteiger partial charge in [0.25, 0.3) is 0 Å². The van der Waals surface area contributed by atoms with E-state index in [9.17, 15) is 4.79 Å². The lowest BCUT2D eigenvalue weighted by molar-refractivity contribution is 0.0921. The monoisotopic (exact) mass is 320 g/mol. The van der Waals surface area contributed by atoms with Gasteiger partial charge in [0.05, 0.1) is 5.02 Å². The molecule has 21 heavy (non-hydrogen) atoms. The summed E-state index contributed by atoms with van der Waals surface area (Å²) in [5, 5.41) is 0.823. The van der Waals surface area contributed by atoms with Gasteiger partial charge in [-0.1, -0.05) is 47.5 Å². The Kier molecular flexibility index (Phi) is 5.43. The van der Waals surface area contributed by atoms with Gasteiger partial charge in [-0.05, 0) is 36.2 Å². The molecule has 0 spiro atoms. The second kappa shape index (κ2) is 7.30. The van der Waals surface area contributed by atoms with E-state index in [2.05, 4.69) is 6.58 Å². The molecule has 4 heteroatoms. The van der Waals surface area contributed by atoms with Crippen molar-refractivity contribution in [3.05, 3.63) is 76.3 Å². The first-order valence-electron chi connectivity index (χ1n) is 6.41. The largest absolute Gasteiger partial charge is 0.485 e.